The minimum Gasteiger partial charge on any atom is -0.383 e. The van der Waals surface area contributed by atoms with Crippen LogP contribution in [0.1, 0.15) is 42.9 Å². The Balaban J connectivity index is 2.77. The van der Waals surface area contributed by atoms with E-state index in [1.807, 2.05) is 0 Å². The molecule has 1 aromatic rings. The lowest BCUT2D eigenvalue weighted by molar-refractivity contribution is 0.198. The monoisotopic (exact) mass is 263 g/mol. The molecule has 0 bridgehead atoms. The molecular weight excluding hydrogens is 234 g/mol. The molecule has 0 spiro atoms. The maximum Gasteiger partial charge on any atom is 0.0587 e. The first-order chi connectivity index (χ1) is 9.08. The van der Waals surface area contributed by atoms with E-state index in [1.165, 1.54) is 23.1 Å². The third-order valence-electron chi connectivity index (χ3n) is 3.85. The fourth-order valence-corrected chi connectivity index (χ4v) is 2.59. The summed E-state index contributed by atoms with van der Waals surface area (Å²) in [5, 5.41) is 3.51. The van der Waals surface area contributed by atoms with Gasteiger partial charge in [0, 0.05) is 20.2 Å². The minimum atomic E-state index is 0.584. The van der Waals surface area contributed by atoms with E-state index in [9.17, 15) is 0 Å². The van der Waals surface area contributed by atoms with Gasteiger partial charge in [-0.15, -0.1) is 0 Å². The van der Waals surface area contributed by atoms with E-state index >= 15 is 0 Å². The molecule has 0 aromatic heterocycles. The van der Waals surface area contributed by atoms with Crippen LogP contribution in [0.5, 0.6) is 0 Å². The fraction of sp³-hybridized carbons (Fsp3) is 0.647. The van der Waals surface area contributed by atoms with E-state index in [0.717, 1.165) is 19.7 Å². The number of benzene rings is 1. The molecule has 0 fully saturated rings. The van der Waals surface area contributed by atoms with Crippen LogP contribution in [0, 0.1) is 19.8 Å². The average Bonchev–Trinajstić information content (AvgIpc) is 2.37. The Bertz CT molecular complexity index is 355. The van der Waals surface area contributed by atoms with Gasteiger partial charge in [-0.3, -0.25) is 0 Å². The first-order valence-corrected chi connectivity index (χ1v) is 7.36. The van der Waals surface area contributed by atoms with Crippen LogP contribution in [0.4, 0.5) is 0 Å². The molecule has 1 aromatic carbocycles. The van der Waals surface area contributed by atoms with Crippen molar-refractivity contribution < 1.29 is 4.74 Å². The summed E-state index contributed by atoms with van der Waals surface area (Å²) in [5.74, 6) is 1.27. The summed E-state index contributed by atoms with van der Waals surface area (Å²) in [6.45, 7) is 11.7. The van der Waals surface area contributed by atoms with Crippen molar-refractivity contribution in [3.63, 3.8) is 0 Å². The van der Waals surface area contributed by atoms with Crippen LogP contribution >= 0.6 is 0 Å². The number of methoxy groups -OCH3 is 1. The van der Waals surface area contributed by atoms with Gasteiger partial charge in [-0.25, -0.2) is 0 Å². The molecule has 2 nitrogen and oxygen atoms in total. The van der Waals surface area contributed by atoms with Crippen molar-refractivity contribution in [2.75, 3.05) is 26.8 Å². The number of hydrogen-bond donors (Lipinski definition) is 1. The van der Waals surface area contributed by atoms with Gasteiger partial charge in [0.25, 0.3) is 0 Å². The summed E-state index contributed by atoms with van der Waals surface area (Å²) >= 11 is 0. The summed E-state index contributed by atoms with van der Waals surface area (Å²) in [7, 11) is 1.75. The lowest BCUT2D eigenvalue weighted by Gasteiger charge is -2.25. The second-order valence-electron chi connectivity index (χ2n) is 5.61. The zero-order valence-electron chi connectivity index (χ0n) is 13.1. The van der Waals surface area contributed by atoms with Crippen molar-refractivity contribution >= 4 is 0 Å². The van der Waals surface area contributed by atoms with Crippen LogP contribution in [-0.4, -0.2) is 26.8 Å². The van der Waals surface area contributed by atoms with E-state index in [0.29, 0.717) is 11.8 Å². The summed E-state index contributed by atoms with van der Waals surface area (Å²) in [4.78, 5) is 0. The van der Waals surface area contributed by atoms with Crippen LogP contribution in [0.2, 0.25) is 0 Å². The predicted molar refractivity (Wildman–Crippen MR) is 82.9 cm³/mol. The van der Waals surface area contributed by atoms with Gasteiger partial charge >= 0.3 is 0 Å². The Morgan fingerprint density at radius 1 is 1.16 bits per heavy atom. The summed E-state index contributed by atoms with van der Waals surface area (Å²) < 4.78 is 5.09. The van der Waals surface area contributed by atoms with Gasteiger partial charge in [-0.2, -0.15) is 0 Å². The Labute approximate surface area is 118 Å². The van der Waals surface area contributed by atoms with Crippen LogP contribution in [0.25, 0.3) is 0 Å². The first kappa shape index (κ1) is 16.2. The van der Waals surface area contributed by atoms with E-state index in [1.54, 1.807) is 7.11 Å². The number of nitrogens with one attached hydrogen (secondary N) is 1. The maximum atomic E-state index is 5.09. The normalized spacial score (nSPS) is 14.4. The molecule has 0 heterocycles. The van der Waals surface area contributed by atoms with Crippen molar-refractivity contribution in [2.24, 2.45) is 5.92 Å². The molecule has 19 heavy (non-hydrogen) atoms. The molecule has 1 N–H and O–H groups in total. The van der Waals surface area contributed by atoms with Crippen molar-refractivity contribution in [1.82, 2.24) is 5.32 Å². The number of hydrogen-bond acceptors (Lipinski definition) is 2. The van der Waals surface area contributed by atoms with Crippen molar-refractivity contribution in [3.05, 3.63) is 34.9 Å². The zero-order chi connectivity index (χ0) is 14.3. The van der Waals surface area contributed by atoms with Crippen molar-refractivity contribution in [3.8, 4) is 0 Å². The van der Waals surface area contributed by atoms with E-state index in [4.69, 9.17) is 4.74 Å². The predicted octanol–water partition coefficient (Wildman–Crippen LogP) is 3.67. The second kappa shape index (κ2) is 8.34. The van der Waals surface area contributed by atoms with Crippen LogP contribution in [0.3, 0.4) is 0 Å². The average molecular weight is 263 g/mol. The lowest BCUT2D eigenvalue weighted by Crippen LogP contribution is -2.28. The summed E-state index contributed by atoms with van der Waals surface area (Å²) in [6.07, 6.45) is 1.21. The Kier molecular flexibility index (Phi) is 7.11. The van der Waals surface area contributed by atoms with E-state index in [2.05, 4.69) is 51.2 Å². The van der Waals surface area contributed by atoms with Gasteiger partial charge in [0.1, 0.15) is 0 Å². The molecule has 0 amide bonds. The third kappa shape index (κ3) is 5.33. The minimum absolute atomic E-state index is 0.584. The van der Waals surface area contributed by atoms with Crippen molar-refractivity contribution in [1.29, 1.82) is 0 Å². The zero-order valence-corrected chi connectivity index (χ0v) is 13.1. The van der Waals surface area contributed by atoms with Gasteiger partial charge in [0.05, 0.1) is 6.61 Å². The van der Waals surface area contributed by atoms with Crippen LogP contribution < -0.4 is 5.32 Å². The lowest BCUT2D eigenvalue weighted by atomic mass is 9.84. The maximum absolute atomic E-state index is 5.09. The molecule has 0 aliphatic carbocycles. The molecule has 0 saturated heterocycles. The highest BCUT2D eigenvalue weighted by Gasteiger charge is 2.18. The Hall–Kier alpha value is -0.860. The highest BCUT2D eigenvalue weighted by Crippen LogP contribution is 2.27. The molecule has 108 valence electrons. The molecular formula is C17H29NO. The first-order valence-electron chi connectivity index (χ1n) is 7.36. The Morgan fingerprint density at radius 2 is 1.79 bits per heavy atom. The van der Waals surface area contributed by atoms with E-state index in [-0.39, 0.29) is 0 Å². The third-order valence-corrected chi connectivity index (χ3v) is 3.85. The summed E-state index contributed by atoms with van der Waals surface area (Å²) in [5.41, 5.74) is 4.19. The Morgan fingerprint density at radius 3 is 2.32 bits per heavy atom. The molecule has 0 aliphatic rings. The van der Waals surface area contributed by atoms with Crippen LogP contribution in [0.15, 0.2) is 18.2 Å². The number of ether oxygens (including phenoxy) is 1. The molecule has 0 saturated carbocycles. The molecule has 0 aliphatic heterocycles. The number of rotatable bonds is 8. The molecule has 2 unspecified atom stereocenters. The molecule has 2 heteroatoms. The van der Waals surface area contributed by atoms with Crippen molar-refractivity contribution in [2.45, 2.75) is 40.0 Å². The SMILES string of the molecule is CCC(C)C(CNCCOC)c1cc(C)cc(C)c1. The van der Waals surface area contributed by atoms with Gasteiger partial charge in [0.2, 0.25) is 0 Å². The smallest absolute Gasteiger partial charge is 0.0587 e. The summed E-state index contributed by atoms with van der Waals surface area (Å²) in [6, 6.07) is 6.92. The molecule has 2 atom stereocenters. The highest BCUT2D eigenvalue weighted by atomic mass is 16.5. The van der Waals surface area contributed by atoms with Gasteiger partial charge < -0.3 is 10.1 Å². The fourth-order valence-electron chi connectivity index (χ4n) is 2.59. The quantitative estimate of drug-likeness (QED) is 0.723. The van der Waals surface area contributed by atoms with Gasteiger partial charge in [-0.1, -0.05) is 49.6 Å². The van der Waals surface area contributed by atoms with Gasteiger partial charge in [0.15, 0.2) is 0 Å². The molecule has 0 radical (unpaired) electrons. The second-order valence-corrected chi connectivity index (χ2v) is 5.61. The van der Waals surface area contributed by atoms with Crippen LogP contribution in [-0.2, 0) is 4.74 Å². The van der Waals surface area contributed by atoms with Gasteiger partial charge in [-0.05, 0) is 31.2 Å². The highest BCUT2D eigenvalue weighted by molar-refractivity contribution is 5.31. The number of aryl methyl sites for hydroxylation is 2. The molecule has 1 rings (SSSR count). The standard InChI is InChI=1S/C17H29NO/c1-6-15(4)17(12-18-7-8-19-5)16-10-13(2)9-14(3)11-16/h9-11,15,17-18H,6-8,12H2,1-5H3. The topological polar surface area (TPSA) is 21.3 Å². The largest absolute Gasteiger partial charge is 0.383 e. The van der Waals surface area contributed by atoms with E-state index < -0.39 is 0 Å².